The molecule has 1 aromatic heterocycles. The number of nitrogens with one attached hydrogen (secondary N) is 1. The Morgan fingerprint density at radius 2 is 1.60 bits per heavy atom. The van der Waals surface area contributed by atoms with Gasteiger partial charge in [0, 0.05) is 17.5 Å². The van der Waals surface area contributed by atoms with E-state index in [-0.39, 0.29) is 17.4 Å². The van der Waals surface area contributed by atoms with Gasteiger partial charge in [-0.25, -0.2) is 22.0 Å². The second-order valence-electron chi connectivity index (χ2n) is 12.2. The number of hydrogen-bond donors (Lipinski definition) is 1. The Balaban J connectivity index is 1.31. The molecule has 4 aliphatic carbocycles. The summed E-state index contributed by atoms with van der Waals surface area (Å²) >= 11 is 0. The molecule has 3 aromatic rings. The number of aromatic nitrogens is 1. The predicted octanol–water partition coefficient (Wildman–Crippen LogP) is 5.21. The van der Waals surface area contributed by atoms with Crippen LogP contribution in [0.15, 0.2) is 59.5 Å². The highest BCUT2D eigenvalue weighted by atomic mass is 32.2. The third-order valence-corrected chi connectivity index (χ3v) is 11.0. The van der Waals surface area contributed by atoms with Crippen LogP contribution in [-0.4, -0.2) is 43.2 Å². The van der Waals surface area contributed by atoms with E-state index >= 15 is 0 Å². The number of nitrogens with zero attached hydrogens (tertiary/aromatic N) is 1. The Labute approximate surface area is 235 Å². The van der Waals surface area contributed by atoms with Gasteiger partial charge in [-0.3, -0.25) is 0 Å². The molecular formula is C31H36N2O6S. The monoisotopic (exact) mass is 564 g/mol. The lowest BCUT2D eigenvalue weighted by atomic mass is 9.55. The van der Waals surface area contributed by atoms with Gasteiger partial charge < -0.3 is 14.8 Å². The van der Waals surface area contributed by atoms with E-state index in [0.717, 1.165) is 43.1 Å². The van der Waals surface area contributed by atoms with Crippen LogP contribution in [0.2, 0.25) is 0 Å². The van der Waals surface area contributed by atoms with Crippen molar-refractivity contribution in [3.8, 4) is 0 Å². The molecule has 1 amide bonds. The minimum absolute atomic E-state index is 0.115. The average molecular weight is 565 g/mol. The fourth-order valence-corrected chi connectivity index (χ4v) is 9.15. The Morgan fingerprint density at radius 3 is 2.23 bits per heavy atom. The van der Waals surface area contributed by atoms with Crippen molar-refractivity contribution < 1.29 is 27.5 Å². The molecule has 0 spiro atoms. The average Bonchev–Trinajstić information content (AvgIpc) is 3.28. The highest BCUT2D eigenvalue weighted by Crippen LogP contribution is 2.54. The van der Waals surface area contributed by atoms with Crippen molar-refractivity contribution in [1.82, 2.24) is 9.29 Å². The summed E-state index contributed by atoms with van der Waals surface area (Å²) < 4.78 is 40.2. The zero-order chi connectivity index (χ0) is 28.2. The van der Waals surface area contributed by atoms with Gasteiger partial charge in [-0.2, -0.15) is 0 Å². The van der Waals surface area contributed by atoms with Gasteiger partial charge in [0.25, 0.3) is 10.0 Å². The molecule has 4 saturated carbocycles. The molecule has 1 atom stereocenters. The van der Waals surface area contributed by atoms with Crippen LogP contribution in [0.1, 0.15) is 50.3 Å². The number of aryl methyl sites for hydroxylation is 1. The number of ether oxygens (including phenoxy) is 2. The molecule has 2 aromatic carbocycles. The highest BCUT2D eigenvalue weighted by Gasteiger charge is 2.50. The van der Waals surface area contributed by atoms with Crippen LogP contribution >= 0.6 is 0 Å². The maximum absolute atomic E-state index is 13.9. The first-order chi connectivity index (χ1) is 19.1. The van der Waals surface area contributed by atoms with Crippen molar-refractivity contribution in [3.63, 3.8) is 0 Å². The Bertz CT molecular complexity index is 1530. The van der Waals surface area contributed by atoms with Gasteiger partial charge in [-0.15, -0.1) is 0 Å². The second kappa shape index (κ2) is 9.94. The van der Waals surface area contributed by atoms with Gasteiger partial charge in [-0.1, -0.05) is 35.9 Å². The van der Waals surface area contributed by atoms with Gasteiger partial charge in [-0.05, 0) is 93.9 Å². The molecule has 7 rings (SSSR count). The normalized spacial score (nSPS) is 26.8. The number of fused-ring (bicyclic) bond motifs is 1. The van der Waals surface area contributed by atoms with Crippen molar-refractivity contribution >= 4 is 33.0 Å². The molecule has 1 N–H and O–H groups in total. The Morgan fingerprint density at radius 1 is 0.975 bits per heavy atom. The number of alkyl carbamates (subject to hydrolysis) is 1. The van der Waals surface area contributed by atoms with Crippen LogP contribution in [0, 0.1) is 30.6 Å². The molecule has 4 aliphatic rings. The van der Waals surface area contributed by atoms with Gasteiger partial charge in [0.15, 0.2) is 0 Å². The van der Waals surface area contributed by atoms with Gasteiger partial charge >= 0.3 is 12.1 Å². The second-order valence-corrected chi connectivity index (χ2v) is 14.0. The predicted molar refractivity (Wildman–Crippen MR) is 150 cm³/mol. The van der Waals surface area contributed by atoms with Gasteiger partial charge in [0.2, 0.25) is 0 Å². The van der Waals surface area contributed by atoms with Crippen molar-refractivity contribution in [1.29, 1.82) is 0 Å². The third kappa shape index (κ3) is 4.68. The largest absolute Gasteiger partial charge is 0.467 e. The maximum Gasteiger partial charge on any atom is 0.408 e. The number of hydrogen-bond acceptors (Lipinski definition) is 6. The molecule has 0 saturated heterocycles. The van der Waals surface area contributed by atoms with Crippen LogP contribution in [0.3, 0.4) is 0 Å². The van der Waals surface area contributed by atoms with E-state index in [1.807, 2.05) is 19.1 Å². The van der Waals surface area contributed by atoms with Crippen molar-refractivity contribution in [2.45, 2.75) is 68.9 Å². The number of esters is 1. The minimum Gasteiger partial charge on any atom is -0.467 e. The van der Waals surface area contributed by atoms with Crippen LogP contribution in [-0.2, 0) is 30.7 Å². The van der Waals surface area contributed by atoms with E-state index < -0.39 is 27.6 Å². The fraction of sp³-hybridized carbons (Fsp3) is 0.484. The van der Waals surface area contributed by atoms with E-state index in [9.17, 15) is 18.0 Å². The van der Waals surface area contributed by atoms with Gasteiger partial charge in [0.1, 0.15) is 11.6 Å². The Kier molecular flexibility index (Phi) is 6.68. The molecule has 212 valence electrons. The quantitative estimate of drug-likeness (QED) is 0.395. The SMILES string of the molecule is COC(=O)[C@](C)(Cc1cc2ccccc2n1S(=O)(=O)c1ccc(C)cc1)NC(=O)OC1C2CC3CC(C2)CC1C3. The Hall–Kier alpha value is -3.33. The summed E-state index contributed by atoms with van der Waals surface area (Å²) in [5, 5.41) is 3.48. The molecule has 0 aliphatic heterocycles. The summed E-state index contributed by atoms with van der Waals surface area (Å²) in [6.07, 6.45) is 4.73. The number of carbonyl (C=O) groups is 2. The molecule has 1 heterocycles. The number of amides is 1. The number of methoxy groups -OCH3 is 1. The lowest BCUT2D eigenvalue weighted by Gasteiger charge is -2.53. The van der Waals surface area contributed by atoms with Crippen molar-refractivity contribution in [2.24, 2.45) is 23.7 Å². The highest BCUT2D eigenvalue weighted by molar-refractivity contribution is 7.90. The van der Waals surface area contributed by atoms with E-state index in [4.69, 9.17) is 9.47 Å². The van der Waals surface area contributed by atoms with Crippen molar-refractivity contribution in [2.75, 3.05) is 7.11 Å². The fourth-order valence-electron chi connectivity index (χ4n) is 7.61. The number of para-hydroxylation sites is 1. The molecule has 9 heteroatoms. The summed E-state index contributed by atoms with van der Waals surface area (Å²) in [5.74, 6) is 1.53. The molecular weight excluding hydrogens is 528 g/mol. The first-order valence-electron chi connectivity index (χ1n) is 14.1. The van der Waals surface area contributed by atoms with E-state index in [1.165, 1.54) is 17.5 Å². The number of benzene rings is 2. The first kappa shape index (κ1) is 26.9. The smallest absolute Gasteiger partial charge is 0.408 e. The molecule has 4 fully saturated rings. The maximum atomic E-state index is 13.9. The van der Waals surface area contributed by atoms with Crippen LogP contribution in [0.4, 0.5) is 4.79 Å². The molecule has 0 radical (unpaired) electrons. The van der Waals surface area contributed by atoms with Gasteiger partial charge in [0.05, 0.1) is 17.5 Å². The third-order valence-electron chi connectivity index (χ3n) is 9.23. The summed E-state index contributed by atoms with van der Waals surface area (Å²) in [6.45, 7) is 3.44. The summed E-state index contributed by atoms with van der Waals surface area (Å²) in [4.78, 5) is 26.6. The summed E-state index contributed by atoms with van der Waals surface area (Å²) in [7, 11) is -2.76. The first-order valence-corrected chi connectivity index (χ1v) is 15.5. The molecule has 0 unspecified atom stereocenters. The summed E-state index contributed by atoms with van der Waals surface area (Å²) in [5.41, 5.74) is 0.217. The summed E-state index contributed by atoms with van der Waals surface area (Å²) in [6, 6.07) is 15.5. The molecule has 8 nitrogen and oxygen atoms in total. The zero-order valence-corrected chi connectivity index (χ0v) is 23.9. The zero-order valence-electron chi connectivity index (χ0n) is 23.1. The van der Waals surface area contributed by atoms with Crippen LogP contribution in [0.25, 0.3) is 10.9 Å². The molecule has 40 heavy (non-hydrogen) atoms. The standard InChI is InChI=1S/C31H36N2O6S/c1-19-8-10-26(11-9-19)40(36,37)33-25(17-22-6-4-5-7-27(22)33)18-31(2,29(34)38-3)32-30(35)39-28-23-13-20-12-21(15-23)16-24(28)14-20/h4-11,17,20-21,23-24,28H,12-16,18H2,1-3H3,(H,32,35)/t20?,21?,23?,24?,28?,31-/m0/s1. The van der Waals surface area contributed by atoms with Crippen LogP contribution in [0.5, 0.6) is 0 Å². The number of rotatable bonds is 7. The minimum atomic E-state index is -4.02. The molecule has 4 bridgehead atoms. The number of carbonyl (C=O) groups excluding carboxylic acids is 2. The van der Waals surface area contributed by atoms with Crippen molar-refractivity contribution in [3.05, 3.63) is 65.9 Å². The lowest BCUT2D eigenvalue weighted by Crippen LogP contribution is -2.57. The van der Waals surface area contributed by atoms with Crippen LogP contribution < -0.4 is 5.32 Å². The van der Waals surface area contributed by atoms with E-state index in [2.05, 4.69) is 5.32 Å². The topological polar surface area (TPSA) is 104 Å². The van der Waals surface area contributed by atoms with E-state index in [1.54, 1.807) is 49.4 Å². The lowest BCUT2D eigenvalue weighted by molar-refractivity contribution is -0.148. The van der Waals surface area contributed by atoms with E-state index in [0.29, 0.717) is 28.4 Å².